The number of carbonyl (C=O) groups excluding carboxylic acids is 1. The van der Waals surface area contributed by atoms with Crippen molar-refractivity contribution in [1.82, 2.24) is 19.7 Å². The molecule has 1 aromatic carbocycles. The fourth-order valence-electron chi connectivity index (χ4n) is 3.03. The number of methoxy groups -OCH3 is 1. The van der Waals surface area contributed by atoms with Crippen LogP contribution in [0.5, 0.6) is 0 Å². The Morgan fingerprint density at radius 3 is 2.67 bits per heavy atom. The fourth-order valence-corrected chi connectivity index (χ4v) is 3.03. The molecular weight excluding hydrogens is 368 g/mol. The van der Waals surface area contributed by atoms with Crippen molar-refractivity contribution < 1.29 is 27.1 Å². The summed E-state index contributed by atoms with van der Waals surface area (Å²) >= 11 is 0. The average molecular weight is 386 g/mol. The first-order chi connectivity index (χ1) is 12.8. The molecule has 2 aromatic rings. The number of aromatic nitrogens is 3. The van der Waals surface area contributed by atoms with E-state index in [0.29, 0.717) is 4.90 Å². The van der Waals surface area contributed by atoms with Crippen LogP contribution in [-0.4, -0.2) is 58.6 Å². The summed E-state index contributed by atoms with van der Waals surface area (Å²) in [6, 6.07) is 8.53. The molecule has 27 heavy (non-hydrogen) atoms. The van der Waals surface area contributed by atoms with E-state index in [2.05, 4.69) is 10.1 Å². The third kappa shape index (κ3) is 4.26. The first-order valence-corrected chi connectivity index (χ1v) is 8.30. The van der Waals surface area contributed by atoms with E-state index in [9.17, 15) is 22.4 Å². The average Bonchev–Trinajstić information content (AvgIpc) is 3.18. The third-order valence-electron chi connectivity index (χ3n) is 4.26. The van der Waals surface area contributed by atoms with Gasteiger partial charge in [-0.15, -0.1) is 5.10 Å². The summed E-state index contributed by atoms with van der Waals surface area (Å²) in [6.45, 7) is -1.81. The number of fused-ring (bicyclic) bond motifs is 1. The molecule has 0 aliphatic carbocycles. The highest BCUT2D eigenvalue weighted by Gasteiger charge is 2.39. The molecule has 10 heteroatoms. The summed E-state index contributed by atoms with van der Waals surface area (Å²) in [5, 5.41) is 4.02. The van der Waals surface area contributed by atoms with Crippen molar-refractivity contribution in [2.45, 2.75) is 24.8 Å². The summed E-state index contributed by atoms with van der Waals surface area (Å²) in [5.74, 6) is -1.51. The lowest BCUT2D eigenvalue weighted by atomic mass is 10.0. The second kappa shape index (κ2) is 7.63. The number of rotatable bonds is 6. The Kier molecular flexibility index (Phi) is 5.45. The highest BCUT2D eigenvalue weighted by Crippen LogP contribution is 2.39. The Bertz CT molecular complexity index is 794. The van der Waals surface area contributed by atoms with E-state index >= 15 is 0 Å². The molecule has 1 aliphatic heterocycles. The maximum absolute atomic E-state index is 14.4. The lowest BCUT2D eigenvalue weighted by Crippen LogP contribution is -2.41. The molecule has 0 radical (unpaired) electrons. The predicted octanol–water partition coefficient (Wildman–Crippen LogP) is 2.93. The molecule has 1 amide bonds. The van der Waals surface area contributed by atoms with E-state index in [-0.39, 0.29) is 25.4 Å². The van der Waals surface area contributed by atoms with Gasteiger partial charge in [0.05, 0.1) is 12.6 Å². The molecule has 6 nitrogen and oxygen atoms in total. The first kappa shape index (κ1) is 19.3. The van der Waals surface area contributed by atoms with Crippen molar-refractivity contribution >= 4 is 5.91 Å². The van der Waals surface area contributed by atoms with Crippen LogP contribution < -0.4 is 0 Å². The Morgan fingerprint density at radius 1 is 1.33 bits per heavy atom. The number of hydrogen-bond donors (Lipinski definition) is 0. The van der Waals surface area contributed by atoms with Gasteiger partial charge in [-0.1, -0.05) is 30.3 Å². The first-order valence-electron chi connectivity index (χ1n) is 8.30. The number of nitrogens with zero attached hydrogens (tertiary/aromatic N) is 4. The topological polar surface area (TPSA) is 60.2 Å². The molecule has 0 saturated heterocycles. The van der Waals surface area contributed by atoms with Gasteiger partial charge in [0.1, 0.15) is 6.54 Å². The minimum atomic E-state index is -4.58. The van der Waals surface area contributed by atoms with E-state index in [1.165, 1.54) is 11.8 Å². The molecule has 0 bridgehead atoms. The van der Waals surface area contributed by atoms with Gasteiger partial charge in [-0.25, -0.2) is 14.1 Å². The Labute approximate surface area is 152 Å². The highest BCUT2D eigenvalue weighted by atomic mass is 19.4. The van der Waals surface area contributed by atoms with Crippen molar-refractivity contribution in [3.63, 3.8) is 0 Å². The number of carbonyl (C=O) groups is 1. The molecule has 0 N–H and O–H groups in total. The van der Waals surface area contributed by atoms with Crippen LogP contribution in [0.2, 0.25) is 0 Å². The maximum atomic E-state index is 14.4. The third-order valence-corrected chi connectivity index (χ3v) is 4.26. The van der Waals surface area contributed by atoms with Crippen molar-refractivity contribution in [3.8, 4) is 0 Å². The summed E-state index contributed by atoms with van der Waals surface area (Å²) < 4.78 is 58.7. The quantitative estimate of drug-likeness (QED) is 0.717. The van der Waals surface area contributed by atoms with Crippen LogP contribution >= 0.6 is 0 Å². The number of benzene rings is 1. The van der Waals surface area contributed by atoms with Crippen LogP contribution in [0.1, 0.15) is 40.6 Å². The minimum Gasteiger partial charge on any atom is -0.383 e. The molecule has 1 aromatic heterocycles. The monoisotopic (exact) mass is 386 g/mol. The predicted molar refractivity (Wildman–Crippen MR) is 86.9 cm³/mol. The summed E-state index contributed by atoms with van der Waals surface area (Å²) in [5.41, 5.74) is 0.786. The van der Waals surface area contributed by atoms with Crippen molar-refractivity contribution in [3.05, 3.63) is 47.5 Å². The van der Waals surface area contributed by atoms with E-state index in [1.54, 1.807) is 24.3 Å². The normalized spacial score (nSPS) is 19.1. The van der Waals surface area contributed by atoms with Crippen molar-refractivity contribution in [1.29, 1.82) is 0 Å². The van der Waals surface area contributed by atoms with Crippen LogP contribution in [0.4, 0.5) is 17.6 Å². The molecule has 2 heterocycles. The molecule has 0 fully saturated rings. The van der Waals surface area contributed by atoms with Crippen LogP contribution in [0.15, 0.2) is 30.3 Å². The number of amides is 1. The van der Waals surface area contributed by atoms with Gasteiger partial charge >= 0.3 is 6.18 Å². The molecule has 1 aliphatic rings. The van der Waals surface area contributed by atoms with Gasteiger partial charge in [-0.2, -0.15) is 13.2 Å². The Balaban J connectivity index is 1.87. The van der Waals surface area contributed by atoms with Crippen LogP contribution in [-0.2, 0) is 4.74 Å². The summed E-state index contributed by atoms with van der Waals surface area (Å²) in [6.07, 6.45) is -5.91. The van der Waals surface area contributed by atoms with Gasteiger partial charge in [0.15, 0.2) is 12.0 Å². The largest absolute Gasteiger partial charge is 0.406 e. The smallest absolute Gasteiger partial charge is 0.383 e. The van der Waals surface area contributed by atoms with E-state index in [1.807, 2.05) is 6.07 Å². The molecular formula is C17H18F4N4O2. The van der Waals surface area contributed by atoms with Crippen LogP contribution in [0, 0.1) is 0 Å². The Morgan fingerprint density at radius 2 is 2.04 bits per heavy atom. The summed E-state index contributed by atoms with van der Waals surface area (Å²) in [7, 11) is 1.32. The fraction of sp³-hybridized carbons (Fsp3) is 0.471. The van der Waals surface area contributed by atoms with E-state index < -0.39 is 36.7 Å². The minimum absolute atomic E-state index is 0.0501. The highest BCUT2D eigenvalue weighted by molar-refractivity contribution is 5.90. The number of ether oxygens (including phenoxy) is 1. The van der Waals surface area contributed by atoms with Crippen LogP contribution in [0.25, 0.3) is 0 Å². The Hall–Kier alpha value is -2.49. The number of hydrogen-bond acceptors (Lipinski definition) is 4. The zero-order valence-electron chi connectivity index (χ0n) is 14.5. The molecule has 0 spiro atoms. The van der Waals surface area contributed by atoms with Gasteiger partial charge in [0.25, 0.3) is 5.91 Å². The maximum Gasteiger partial charge on any atom is 0.406 e. The summed E-state index contributed by atoms with van der Waals surface area (Å²) in [4.78, 5) is 16.9. The molecule has 0 unspecified atom stereocenters. The zero-order valence-corrected chi connectivity index (χ0v) is 14.5. The standard InChI is InChI=1S/C17H18F4N4O2/c1-27-8-7-24(10-17(19,20)21)16(26)14-22-15-12(18)9-13(25(15)23-14)11-5-3-2-4-6-11/h2-6,12-13H,7-10H2,1H3/t12-,13-/m0/s1. The second-order valence-corrected chi connectivity index (χ2v) is 6.20. The zero-order chi connectivity index (χ0) is 19.6. The van der Waals surface area contributed by atoms with Crippen LogP contribution in [0.3, 0.4) is 0 Å². The van der Waals surface area contributed by atoms with Gasteiger partial charge in [0.2, 0.25) is 5.82 Å². The van der Waals surface area contributed by atoms with E-state index in [4.69, 9.17) is 4.74 Å². The van der Waals surface area contributed by atoms with Gasteiger partial charge in [-0.3, -0.25) is 4.79 Å². The van der Waals surface area contributed by atoms with Gasteiger partial charge in [-0.05, 0) is 5.56 Å². The van der Waals surface area contributed by atoms with Gasteiger partial charge in [0, 0.05) is 20.1 Å². The molecule has 146 valence electrons. The number of halogens is 4. The SMILES string of the molecule is COCCN(CC(F)(F)F)C(=O)c1nc2n(n1)[C@H](c1ccccc1)C[C@@H]2F. The second-order valence-electron chi connectivity index (χ2n) is 6.20. The lowest BCUT2D eigenvalue weighted by Gasteiger charge is -2.22. The van der Waals surface area contributed by atoms with E-state index in [0.717, 1.165) is 5.56 Å². The molecule has 3 rings (SSSR count). The van der Waals surface area contributed by atoms with Crippen molar-refractivity contribution in [2.24, 2.45) is 0 Å². The molecule has 2 atom stereocenters. The van der Waals surface area contributed by atoms with Crippen molar-refractivity contribution in [2.75, 3.05) is 26.8 Å². The van der Waals surface area contributed by atoms with Gasteiger partial charge < -0.3 is 9.64 Å². The lowest BCUT2D eigenvalue weighted by molar-refractivity contribution is -0.141. The number of alkyl halides is 4. The molecule has 0 saturated carbocycles.